The Hall–Kier alpha value is -2.67. The van der Waals surface area contributed by atoms with E-state index in [1.54, 1.807) is 15.9 Å². The van der Waals surface area contributed by atoms with Gasteiger partial charge in [0.25, 0.3) is 0 Å². The lowest BCUT2D eigenvalue weighted by atomic mass is 9.93. The van der Waals surface area contributed by atoms with Crippen LogP contribution < -0.4 is 0 Å². The van der Waals surface area contributed by atoms with E-state index in [9.17, 15) is 9.59 Å². The minimum atomic E-state index is -0.266. The monoisotopic (exact) mass is 355 g/mol. The maximum absolute atomic E-state index is 12.7. The highest BCUT2D eigenvalue weighted by Crippen LogP contribution is 2.30. The molecule has 0 radical (unpaired) electrons. The first-order chi connectivity index (χ1) is 12.6. The molecule has 136 valence electrons. The first-order valence-corrected chi connectivity index (χ1v) is 8.81. The highest BCUT2D eigenvalue weighted by atomic mass is 16.5. The number of aliphatic hydroxyl groups excluding tert-OH is 1. The van der Waals surface area contributed by atoms with Crippen LogP contribution in [-0.2, 0) is 22.7 Å². The second-order valence-corrected chi connectivity index (χ2v) is 6.98. The van der Waals surface area contributed by atoms with Gasteiger partial charge in [-0.1, -0.05) is 35.5 Å². The second-order valence-electron chi connectivity index (χ2n) is 6.98. The van der Waals surface area contributed by atoms with Gasteiger partial charge in [0, 0.05) is 44.6 Å². The van der Waals surface area contributed by atoms with Crippen LogP contribution in [0.15, 0.2) is 40.9 Å². The fourth-order valence-electron chi connectivity index (χ4n) is 3.59. The number of aliphatic hydroxyl groups is 1. The summed E-state index contributed by atoms with van der Waals surface area (Å²) in [6.07, 6.45) is 0.283. The number of hydrogen-bond acceptors (Lipinski definition) is 5. The van der Waals surface area contributed by atoms with Gasteiger partial charge in [-0.3, -0.25) is 9.59 Å². The van der Waals surface area contributed by atoms with Gasteiger partial charge in [0.15, 0.2) is 5.76 Å². The van der Waals surface area contributed by atoms with Crippen molar-refractivity contribution < 1.29 is 19.2 Å². The molecule has 2 saturated heterocycles. The van der Waals surface area contributed by atoms with Crippen LogP contribution >= 0.6 is 0 Å². The van der Waals surface area contributed by atoms with Crippen LogP contribution in [-0.4, -0.2) is 51.5 Å². The standard InChI is InChI=1S/C19H21N3O4/c23-12-16-7-17(20-26-16)15-10-22(11-15)19(25)14-6-18(24)21(9-14)8-13-4-2-1-3-5-13/h1-5,7,14-15,23H,6,8-12H2. The minimum absolute atomic E-state index is 0.0355. The molecule has 4 rings (SSSR count). The van der Waals surface area contributed by atoms with Gasteiger partial charge < -0.3 is 19.4 Å². The van der Waals surface area contributed by atoms with Gasteiger partial charge in [0.1, 0.15) is 6.61 Å². The van der Waals surface area contributed by atoms with Crippen molar-refractivity contribution in [1.29, 1.82) is 0 Å². The molecule has 0 saturated carbocycles. The fraction of sp³-hybridized carbons (Fsp3) is 0.421. The number of nitrogens with zero attached hydrogens (tertiary/aromatic N) is 3. The highest BCUT2D eigenvalue weighted by molar-refractivity contribution is 5.89. The van der Waals surface area contributed by atoms with Crippen molar-refractivity contribution in [1.82, 2.24) is 15.0 Å². The van der Waals surface area contributed by atoms with Crippen LogP contribution in [0.3, 0.4) is 0 Å². The van der Waals surface area contributed by atoms with Gasteiger partial charge in [-0.15, -0.1) is 0 Å². The smallest absolute Gasteiger partial charge is 0.228 e. The molecule has 2 aromatic rings. The molecule has 0 bridgehead atoms. The van der Waals surface area contributed by atoms with Gasteiger partial charge in [-0.05, 0) is 5.56 Å². The van der Waals surface area contributed by atoms with Crippen LogP contribution in [0.4, 0.5) is 0 Å². The Labute approximate surface area is 151 Å². The van der Waals surface area contributed by atoms with Crippen LogP contribution in [0.25, 0.3) is 0 Å². The number of aromatic nitrogens is 1. The van der Waals surface area contributed by atoms with Crippen molar-refractivity contribution in [3.8, 4) is 0 Å². The van der Waals surface area contributed by atoms with Crippen LogP contribution in [0, 0.1) is 5.92 Å². The van der Waals surface area contributed by atoms with E-state index in [-0.39, 0.29) is 36.7 Å². The molecule has 1 N–H and O–H groups in total. The number of benzene rings is 1. The molecule has 1 unspecified atom stereocenters. The topological polar surface area (TPSA) is 86.9 Å². The lowest BCUT2D eigenvalue weighted by Crippen LogP contribution is -2.51. The molecule has 2 aliphatic heterocycles. The summed E-state index contributed by atoms with van der Waals surface area (Å²) in [4.78, 5) is 28.5. The van der Waals surface area contributed by atoms with E-state index >= 15 is 0 Å². The van der Waals surface area contributed by atoms with Crippen molar-refractivity contribution in [2.24, 2.45) is 5.92 Å². The van der Waals surface area contributed by atoms with Crippen LogP contribution in [0.2, 0.25) is 0 Å². The summed E-state index contributed by atoms with van der Waals surface area (Å²) in [7, 11) is 0. The molecule has 1 atom stereocenters. The van der Waals surface area contributed by atoms with Gasteiger partial charge in [0.2, 0.25) is 11.8 Å². The quantitative estimate of drug-likeness (QED) is 0.869. The van der Waals surface area contributed by atoms with Crippen molar-refractivity contribution in [3.63, 3.8) is 0 Å². The molecule has 3 heterocycles. The fourth-order valence-corrected chi connectivity index (χ4v) is 3.59. The Morgan fingerprint density at radius 2 is 2.00 bits per heavy atom. The number of likely N-dealkylation sites (tertiary alicyclic amines) is 2. The number of rotatable bonds is 5. The molecule has 2 amide bonds. The van der Waals surface area contributed by atoms with Crippen LogP contribution in [0.1, 0.15) is 29.4 Å². The Kier molecular flexibility index (Phi) is 4.46. The van der Waals surface area contributed by atoms with E-state index in [1.807, 2.05) is 30.3 Å². The summed E-state index contributed by atoms with van der Waals surface area (Å²) >= 11 is 0. The van der Waals surface area contributed by atoms with E-state index in [4.69, 9.17) is 9.63 Å². The second kappa shape index (κ2) is 6.92. The third-order valence-electron chi connectivity index (χ3n) is 5.12. The minimum Gasteiger partial charge on any atom is -0.388 e. The molecule has 7 nitrogen and oxygen atoms in total. The molecule has 2 fully saturated rings. The Morgan fingerprint density at radius 3 is 2.69 bits per heavy atom. The number of carbonyl (C=O) groups excluding carboxylic acids is 2. The summed E-state index contributed by atoms with van der Waals surface area (Å²) in [5.41, 5.74) is 1.84. The third kappa shape index (κ3) is 3.22. The summed E-state index contributed by atoms with van der Waals surface area (Å²) in [6, 6.07) is 11.5. The largest absolute Gasteiger partial charge is 0.388 e. The number of carbonyl (C=O) groups is 2. The highest BCUT2D eigenvalue weighted by Gasteiger charge is 2.41. The number of amides is 2. The predicted molar refractivity (Wildman–Crippen MR) is 91.7 cm³/mol. The number of hydrogen-bond donors (Lipinski definition) is 1. The summed E-state index contributed by atoms with van der Waals surface area (Å²) < 4.78 is 5.00. The molecule has 0 aliphatic carbocycles. The zero-order valence-electron chi connectivity index (χ0n) is 14.4. The lowest BCUT2D eigenvalue weighted by Gasteiger charge is -2.39. The molecule has 0 spiro atoms. The van der Waals surface area contributed by atoms with Crippen molar-refractivity contribution in [2.45, 2.75) is 25.5 Å². The van der Waals surface area contributed by atoms with E-state index in [0.29, 0.717) is 31.9 Å². The summed E-state index contributed by atoms with van der Waals surface area (Å²) in [5.74, 6) is 0.380. The Bertz CT molecular complexity index is 798. The van der Waals surface area contributed by atoms with Crippen LogP contribution in [0.5, 0.6) is 0 Å². The van der Waals surface area contributed by atoms with Gasteiger partial charge in [0.05, 0.1) is 11.6 Å². The molecule has 7 heteroatoms. The molecule has 1 aromatic heterocycles. The van der Waals surface area contributed by atoms with Gasteiger partial charge in [-0.2, -0.15) is 0 Å². The SMILES string of the molecule is O=C1CC(C(=O)N2CC(c3cc(CO)on3)C2)CN1Cc1ccccc1. The van der Waals surface area contributed by atoms with E-state index < -0.39 is 0 Å². The normalized spacial score (nSPS) is 20.5. The summed E-state index contributed by atoms with van der Waals surface area (Å²) in [5, 5.41) is 13.0. The van der Waals surface area contributed by atoms with Gasteiger partial charge in [-0.25, -0.2) is 0 Å². The van der Waals surface area contributed by atoms with E-state index in [0.717, 1.165) is 11.3 Å². The molecule has 26 heavy (non-hydrogen) atoms. The maximum Gasteiger partial charge on any atom is 0.228 e. The van der Waals surface area contributed by atoms with Crippen molar-refractivity contribution >= 4 is 11.8 Å². The van der Waals surface area contributed by atoms with Crippen molar-refractivity contribution in [2.75, 3.05) is 19.6 Å². The zero-order valence-corrected chi connectivity index (χ0v) is 14.4. The first-order valence-electron chi connectivity index (χ1n) is 8.81. The predicted octanol–water partition coefficient (Wildman–Crippen LogP) is 1.14. The van der Waals surface area contributed by atoms with E-state index in [1.165, 1.54) is 0 Å². The Morgan fingerprint density at radius 1 is 1.23 bits per heavy atom. The van der Waals surface area contributed by atoms with Gasteiger partial charge >= 0.3 is 0 Å². The lowest BCUT2D eigenvalue weighted by molar-refractivity contribution is -0.140. The van der Waals surface area contributed by atoms with Crippen molar-refractivity contribution in [3.05, 3.63) is 53.4 Å². The van der Waals surface area contributed by atoms with E-state index in [2.05, 4.69) is 5.16 Å². The molecular weight excluding hydrogens is 334 g/mol. The summed E-state index contributed by atoms with van der Waals surface area (Å²) in [6.45, 7) is 2.02. The molecule has 1 aromatic carbocycles. The average molecular weight is 355 g/mol. The zero-order chi connectivity index (χ0) is 18.1. The molecule has 2 aliphatic rings. The first kappa shape index (κ1) is 16.8. The molecular formula is C19H21N3O4. The third-order valence-corrected chi connectivity index (χ3v) is 5.12. The maximum atomic E-state index is 12.7. The average Bonchev–Trinajstić information content (AvgIpc) is 3.22. The Balaban J connectivity index is 1.31.